The monoisotopic (exact) mass is 256 g/mol. The predicted octanol–water partition coefficient (Wildman–Crippen LogP) is 0.582. The van der Waals surface area contributed by atoms with E-state index in [1.54, 1.807) is 0 Å². The molecule has 3 N–H and O–H groups in total. The maximum absolute atomic E-state index is 10.6. The van der Waals surface area contributed by atoms with Crippen molar-refractivity contribution in [3.63, 3.8) is 0 Å². The number of rotatable bonds is 9. The number of unbranched alkanes of at least 4 members (excludes halogenated alkanes) is 2. The Morgan fingerprint density at radius 1 is 1.41 bits per heavy atom. The fourth-order valence-corrected chi connectivity index (χ4v) is 1.19. The zero-order valence-electron chi connectivity index (χ0n) is 10.5. The van der Waals surface area contributed by atoms with Gasteiger partial charge in [-0.2, -0.15) is 5.06 Å². The van der Waals surface area contributed by atoms with Crippen LogP contribution in [0.3, 0.4) is 0 Å². The minimum atomic E-state index is -0.881. The second kappa shape index (κ2) is 11.4. The normalized spacial score (nSPS) is 14.2. The van der Waals surface area contributed by atoms with E-state index in [2.05, 4.69) is 6.92 Å². The van der Waals surface area contributed by atoms with Crippen LogP contribution in [0.2, 0.25) is 0 Å². The van der Waals surface area contributed by atoms with Crippen molar-refractivity contribution in [1.29, 1.82) is 0 Å². The van der Waals surface area contributed by atoms with Gasteiger partial charge in [-0.05, 0) is 20.3 Å². The first-order chi connectivity index (χ1) is 7.47. The molecule has 0 saturated carbocycles. The third-order valence-corrected chi connectivity index (χ3v) is 2.38. The van der Waals surface area contributed by atoms with Crippen LogP contribution in [0.1, 0.15) is 40.0 Å². The number of carboxylic acids is 1. The van der Waals surface area contributed by atoms with E-state index >= 15 is 0 Å². The summed E-state index contributed by atoms with van der Waals surface area (Å²) >= 11 is 0. The Bertz CT molecular complexity index is 203. The number of hydroxylamine groups is 2. The van der Waals surface area contributed by atoms with Crippen molar-refractivity contribution in [3.05, 3.63) is 0 Å². The molecule has 0 aliphatic rings. The molecule has 2 unspecified atom stereocenters. The molecule has 98 valence electrons. The van der Waals surface area contributed by atoms with E-state index in [-0.39, 0.29) is 48.2 Å². The summed E-state index contributed by atoms with van der Waals surface area (Å²) in [5.41, 5.74) is 5.67. The van der Waals surface area contributed by atoms with Gasteiger partial charge in [-0.25, -0.2) is 0 Å². The van der Waals surface area contributed by atoms with Gasteiger partial charge in [0.1, 0.15) is 6.54 Å². The summed E-state index contributed by atoms with van der Waals surface area (Å²) in [4.78, 5) is 16.1. The van der Waals surface area contributed by atoms with Gasteiger partial charge in [0.15, 0.2) is 0 Å². The van der Waals surface area contributed by atoms with Crippen LogP contribution in [0, 0.1) is 0 Å². The molecule has 5 nitrogen and oxygen atoms in total. The Labute approximate surface area is 126 Å². The summed E-state index contributed by atoms with van der Waals surface area (Å²) in [7, 11) is 0. The van der Waals surface area contributed by atoms with E-state index in [0.29, 0.717) is 6.54 Å². The van der Waals surface area contributed by atoms with E-state index in [4.69, 9.17) is 15.7 Å². The molecule has 17 heavy (non-hydrogen) atoms. The van der Waals surface area contributed by atoms with Gasteiger partial charge in [0.2, 0.25) is 0 Å². The number of carbonyl (C=O) groups is 1. The topological polar surface area (TPSA) is 75.8 Å². The van der Waals surface area contributed by atoms with Crippen LogP contribution in [-0.4, -0.2) is 70.9 Å². The van der Waals surface area contributed by atoms with E-state index in [9.17, 15) is 4.79 Å². The van der Waals surface area contributed by atoms with Crippen LogP contribution < -0.4 is 5.73 Å². The molecular formula is C11H25N2NaO3. The minimum absolute atomic E-state index is 0. The van der Waals surface area contributed by atoms with Crippen LogP contribution in [0.25, 0.3) is 0 Å². The molecule has 0 aliphatic heterocycles. The fraction of sp³-hybridized carbons (Fsp3) is 0.909. The average Bonchev–Trinajstić information content (AvgIpc) is 2.16. The first-order valence-corrected chi connectivity index (χ1v) is 5.86. The number of hydrogen-bond donors (Lipinski definition) is 2. The molecule has 0 aromatic heterocycles. The first-order valence-electron chi connectivity index (χ1n) is 5.86. The van der Waals surface area contributed by atoms with E-state index in [1.807, 2.05) is 13.8 Å². The Kier molecular flexibility index (Phi) is 13.2. The molecule has 0 radical (unpaired) electrons. The molecule has 0 aliphatic carbocycles. The van der Waals surface area contributed by atoms with Gasteiger partial charge in [-0.1, -0.05) is 19.8 Å². The molecule has 0 saturated heterocycles. The quantitative estimate of drug-likeness (QED) is 0.358. The van der Waals surface area contributed by atoms with Crippen molar-refractivity contribution in [2.45, 2.75) is 52.2 Å². The maximum atomic E-state index is 10.6. The molecule has 0 aromatic carbocycles. The molecule has 2 atom stereocenters. The zero-order valence-corrected chi connectivity index (χ0v) is 10.5. The van der Waals surface area contributed by atoms with Gasteiger partial charge < -0.3 is 10.8 Å². The summed E-state index contributed by atoms with van der Waals surface area (Å²) in [5.74, 6) is -0.881. The van der Waals surface area contributed by atoms with Gasteiger partial charge in [0, 0.05) is 12.6 Å². The Morgan fingerprint density at radius 3 is 2.41 bits per heavy atom. The van der Waals surface area contributed by atoms with Gasteiger partial charge in [-0.15, -0.1) is 0 Å². The Hall–Kier alpha value is 0.350. The molecule has 0 amide bonds. The van der Waals surface area contributed by atoms with E-state index < -0.39 is 5.97 Å². The van der Waals surface area contributed by atoms with Crippen molar-refractivity contribution in [3.8, 4) is 0 Å². The molecule has 0 bridgehead atoms. The van der Waals surface area contributed by atoms with Crippen LogP contribution in [0.15, 0.2) is 0 Å². The molecule has 0 fully saturated rings. The molecule has 0 rings (SSSR count). The summed E-state index contributed by atoms with van der Waals surface area (Å²) in [6.07, 6.45) is 2.95. The summed E-state index contributed by atoms with van der Waals surface area (Å²) < 4.78 is 0. The van der Waals surface area contributed by atoms with Crippen LogP contribution in [-0.2, 0) is 9.63 Å². The first kappa shape index (κ1) is 19.7. The van der Waals surface area contributed by atoms with Gasteiger partial charge in [0.25, 0.3) is 0 Å². The molecule has 6 heteroatoms. The van der Waals surface area contributed by atoms with Gasteiger partial charge in [0.05, 0.1) is 6.10 Å². The number of aliphatic carboxylic acids is 1. The second-order valence-corrected chi connectivity index (χ2v) is 4.13. The standard InChI is InChI=1S/C11H24N2O3.Na.H/c1-4-5-6-7-13(8-11(14)15)16-10(3)9(2)12;;/h9-10H,4-8,12H2,1-3H3,(H,14,15);;. The predicted molar refractivity (Wildman–Crippen MR) is 70.1 cm³/mol. The van der Waals surface area contributed by atoms with Crippen LogP contribution >= 0.6 is 0 Å². The average molecular weight is 256 g/mol. The number of carboxylic acid groups (broad SMARTS) is 1. The van der Waals surface area contributed by atoms with Crippen LogP contribution in [0.4, 0.5) is 0 Å². The Balaban J connectivity index is 0. The van der Waals surface area contributed by atoms with Crippen molar-refractivity contribution >= 4 is 35.5 Å². The number of nitrogens with zero attached hydrogens (tertiary/aromatic N) is 1. The van der Waals surface area contributed by atoms with E-state index in [0.717, 1.165) is 19.3 Å². The molecule has 0 spiro atoms. The fourth-order valence-electron chi connectivity index (χ4n) is 1.19. The van der Waals surface area contributed by atoms with Crippen molar-refractivity contribution in [2.75, 3.05) is 13.1 Å². The molecule has 0 heterocycles. The van der Waals surface area contributed by atoms with Crippen LogP contribution in [0.5, 0.6) is 0 Å². The van der Waals surface area contributed by atoms with Crippen molar-refractivity contribution in [1.82, 2.24) is 5.06 Å². The van der Waals surface area contributed by atoms with E-state index in [1.165, 1.54) is 5.06 Å². The van der Waals surface area contributed by atoms with Gasteiger partial charge >= 0.3 is 35.5 Å². The number of nitrogens with two attached hydrogens (primary N) is 1. The molecular weight excluding hydrogens is 231 g/mol. The van der Waals surface area contributed by atoms with Crippen molar-refractivity contribution in [2.24, 2.45) is 5.73 Å². The third kappa shape index (κ3) is 11.2. The third-order valence-electron chi connectivity index (χ3n) is 2.38. The SMILES string of the molecule is CCCCCN(CC(=O)O)OC(C)C(C)N.[NaH]. The van der Waals surface area contributed by atoms with Gasteiger partial charge in [-0.3, -0.25) is 9.63 Å². The summed E-state index contributed by atoms with van der Waals surface area (Å²) in [6, 6.07) is -0.109. The summed E-state index contributed by atoms with van der Waals surface area (Å²) in [5, 5.41) is 10.2. The number of hydrogen-bond acceptors (Lipinski definition) is 4. The zero-order chi connectivity index (χ0) is 12.6. The summed E-state index contributed by atoms with van der Waals surface area (Å²) in [6.45, 7) is 6.33. The van der Waals surface area contributed by atoms with Crippen molar-refractivity contribution < 1.29 is 14.7 Å². The molecule has 0 aromatic rings. The second-order valence-electron chi connectivity index (χ2n) is 4.13. The Morgan fingerprint density at radius 2 is 2.00 bits per heavy atom.